The minimum absolute atomic E-state index is 0.126. The maximum Gasteiger partial charge on any atom is 0.346 e. The molecule has 1 aromatic heterocycles. The number of esters is 1. The molecule has 1 saturated carbocycles. The lowest BCUT2D eigenvalue weighted by molar-refractivity contribution is -0.147. The van der Waals surface area contributed by atoms with Crippen LogP contribution in [0.1, 0.15) is 56.3 Å². The molecule has 10 heteroatoms. The van der Waals surface area contributed by atoms with Gasteiger partial charge in [0, 0.05) is 27.0 Å². The lowest BCUT2D eigenvalue weighted by Crippen LogP contribution is -2.26. The quantitative estimate of drug-likeness (QED) is 0.265. The van der Waals surface area contributed by atoms with E-state index >= 15 is 0 Å². The van der Waals surface area contributed by atoms with E-state index < -0.39 is 12.1 Å². The largest absolute Gasteiger partial charge is 0.493 e. The van der Waals surface area contributed by atoms with Gasteiger partial charge in [-0.05, 0) is 44.0 Å². The van der Waals surface area contributed by atoms with Gasteiger partial charge in [0.05, 0.1) is 31.3 Å². The minimum Gasteiger partial charge on any atom is -0.493 e. The van der Waals surface area contributed by atoms with Crippen LogP contribution in [0.5, 0.6) is 11.5 Å². The van der Waals surface area contributed by atoms with Crippen molar-refractivity contribution in [1.82, 2.24) is 9.66 Å². The van der Waals surface area contributed by atoms with Crippen LogP contribution in [-0.2, 0) is 9.53 Å². The van der Waals surface area contributed by atoms with Crippen LogP contribution in [0.2, 0.25) is 5.02 Å². The molecule has 1 atom stereocenters. The fourth-order valence-corrected chi connectivity index (χ4v) is 4.95. The molecule has 0 spiro atoms. The standard InChI is InChI=1S/C26H27BrClN3O5/c1-15(26(33)35-3)36-23-17(11-19(28)13-22(23)34-2)14-29-31-24(16-7-5-4-6-8-16)30-21-10-9-18(27)12-20(21)25(31)32/h9-16H,4-8H2,1-3H3/t15-/m1/s1. The molecule has 0 amide bonds. The number of hydrogen-bond donors (Lipinski definition) is 0. The summed E-state index contributed by atoms with van der Waals surface area (Å²) >= 11 is 9.75. The highest BCUT2D eigenvalue weighted by Gasteiger charge is 2.24. The molecule has 1 heterocycles. The van der Waals surface area contributed by atoms with E-state index in [1.54, 1.807) is 25.1 Å². The minimum atomic E-state index is -0.905. The van der Waals surface area contributed by atoms with Gasteiger partial charge in [0.2, 0.25) is 0 Å². The maximum atomic E-state index is 13.6. The Morgan fingerprint density at radius 3 is 2.67 bits per heavy atom. The van der Waals surface area contributed by atoms with Gasteiger partial charge in [0.1, 0.15) is 5.82 Å². The Labute approximate surface area is 222 Å². The van der Waals surface area contributed by atoms with Crippen LogP contribution < -0.4 is 15.0 Å². The van der Waals surface area contributed by atoms with E-state index in [-0.39, 0.29) is 17.2 Å². The molecule has 0 N–H and O–H groups in total. The molecule has 2 aromatic carbocycles. The first-order valence-electron chi connectivity index (χ1n) is 11.7. The first-order chi connectivity index (χ1) is 17.3. The second-order valence-corrected chi connectivity index (χ2v) is 9.99. The van der Waals surface area contributed by atoms with Crippen LogP contribution in [0.25, 0.3) is 10.9 Å². The number of carbonyl (C=O) groups is 1. The monoisotopic (exact) mass is 575 g/mol. The molecule has 36 heavy (non-hydrogen) atoms. The summed E-state index contributed by atoms with van der Waals surface area (Å²) in [4.78, 5) is 30.4. The number of halogens is 2. The number of methoxy groups -OCH3 is 2. The molecule has 8 nitrogen and oxygen atoms in total. The fraction of sp³-hybridized carbons (Fsp3) is 0.385. The summed E-state index contributed by atoms with van der Waals surface area (Å²) in [6.07, 6.45) is 5.80. The zero-order chi connectivity index (χ0) is 25.8. The van der Waals surface area contributed by atoms with Crippen molar-refractivity contribution in [3.8, 4) is 11.5 Å². The number of ether oxygens (including phenoxy) is 3. The highest BCUT2D eigenvalue weighted by molar-refractivity contribution is 9.10. The number of nitrogens with zero attached hydrogens (tertiary/aromatic N) is 3. The van der Waals surface area contributed by atoms with Crippen LogP contribution in [0.3, 0.4) is 0 Å². The molecule has 190 valence electrons. The molecule has 1 fully saturated rings. The molecule has 1 aliphatic carbocycles. The van der Waals surface area contributed by atoms with Gasteiger partial charge < -0.3 is 14.2 Å². The zero-order valence-electron chi connectivity index (χ0n) is 20.3. The Bertz CT molecular complexity index is 1370. The molecule has 3 aromatic rings. The van der Waals surface area contributed by atoms with E-state index in [1.165, 1.54) is 31.5 Å². The molecule has 0 radical (unpaired) electrons. The summed E-state index contributed by atoms with van der Waals surface area (Å²) in [5, 5.41) is 5.41. The maximum absolute atomic E-state index is 13.6. The van der Waals surface area contributed by atoms with Crippen molar-refractivity contribution in [2.75, 3.05) is 14.2 Å². The molecule has 0 saturated heterocycles. The Kier molecular flexibility index (Phi) is 8.31. The van der Waals surface area contributed by atoms with Crippen molar-refractivity contribution in [2.24, 2.45) is 5.10 Å². The van der Waals surface area contributed by atoms with Gasteiger partial charge in [-0.3, -0.25) is 4.79 Å². The Balaban J connectivity index is 1.85. The van der Waals surface area contributed by atoms with E-state index in [0.717, 1.165) is 30.2 Å². The Hall–Kier alpha value is -2.91. The molecule has 1 aliphatic rings. The third-order valence-electron chi connectivity index (χ3n) is 6.21. The normalized spacial score (nSPS) is 15.2. The van der Waals surface area contributed by atoms with Crippen LogP contribution >= 0.6 is 27.5 Å². The molecule has 0 aliphatic heterocycles. The van der Waals surface area contributed by atoms with Crippen molar-refractivity contribution in [2.45, 2.75) is 51.0 Å². The average molecular weight is 577 g/mol. The van der Waals surface area contributed by atoms with Crippen molar-refractivity contribution in [3.05, 3.63) is 61.6 Å². The number of aromatic nitrogens is 2. The summed E-state index contributed by atoms with van der Waals surface area (Å²) in [7, 11) is 2.76. The molecule has 0 bridgehead atoms. The predicted octanol–water partition coefficient (Wildman–Crippen LogP) is 5.69. The summed E-state index contributed by atoms with van der Waals surface area (Å²) in [5.74, 6) is 0.785. The summed E-state index contributed by atoms with van der Waals surface area (Å²) < 4.78 is 18.2. The average Bonchev–Trinajstić information content (AvgIpc) is 2.89. The Morgan fingerprint density at radius 1 is 1.22 bits per heavy atom. The fourth-order valence-electron chi connectivity index (χ4n) is 4.38. The van der Waals surface area contributed by atoms with E-state index in [1.807, 2.05) is 12.1 Å². The van der Waals surface area contributed by atoms with Gasteiger partial charge in [-0.25, -0.2) is 9.78 Å². The smallest absolute Gasteiger partial charge is 0.346 e. The number of benzene rings is 2. The zero-order valence-corrected chi connectivity index (χ0v) is 22.6. The van der Waals surface area contributed by atoms with Crippen LogP contribution in [-0.4, -0.2) is 42.2 Å². The molecular formula is C26H27BrClN3O5. The summed E-state index contributed by atoms with van der Waals surface area (Å²) in [5.41, 5.74) is 0.805. The molecule has 4 rings (SSSR count). The SMILES string of the molecule is COC(=O)[C@@H](C)Oc1c(C=Nn2c(C3CCCCC3)nc3ccc(Br)cc3c2=O)cc(Cl)cc1OC. The van der Waals surface area contributed by atoms with E-state index in [9.17, 15) is 9.59 Å². The van der Waals surface area contributed by atoms with Crippen LogP contribution in [0.4, 0.5) is 0 Å². The van der Waals surface area contributed by atoms with Crippen molar-refractivity contribution in [1.29, 1.82) is 0 Å². The van der Waals surface area contributed by atoms with Gasteiger partial charge in [-0.1, -0.05) is 46.8 Å². The molecular weight excluding hydrogens is 550 g/mol. The predicted molar refractivity (Wildman–Crippen MR) is 143 cm³/mol. The van der Waals surface area contributed by atoms with Crippen molar-refractivity contribution >= 4 is 50.6 Å². The number of fused-ring (bicyclic) bond motifs is 1. The van der Waals surface area contributed by atoms with E-state index in [4.69, 9.17) is 30.8 Å². The Morgan fingerprint density at radius 2 is 1.97 bits per heavy atom. The second kappa shape index (κ2) is 11.4. The second-order valence-electron chi connectivity index (χ2n) is 8.64. The van der Waals surface area contributed by atoms with Crippen LogP contribution in [0, 0.1) is 0 Å². The number of carbonyl (C=O) groups excluding carboxylic acids is 1. The van der Waals surface area contributed by atoms with Crippen molar-refractivity contribution < 1.29 is 19.0 Å². The van der Waals surface area contributed by atoms with E-state index in [2.05, 4.69) is 21.0 Å². The van der Waals surface area contributed by atoms with Gasteiger partial charge in [-0.15, -0.1) is 0 Å². The highest BCUT2D eigenvalue weighted by Crippen LogP contribution is 2.35. The van der Waals surface area contributed by atoms with Gasteiger partial charge in [0.15, 0.2) is 17.6 Å². The third kappa shape index (κ3) is 5.57. The highest BCUT2D eigenvalue weighted by atomic mass is 79.9. The third-order valence-corrected chi connectivity index (χ3v) is 6.92. The van der Waals surface area contributed by atoms with Gasteiger partial charge in [0.25, 0.3) is 5.56 Å². The topological polar surface area (TPSA) is 92.0 Å². The first kappa shape index (κ1) is 26.2. The first-order valence-corrected chi connectivity index (χ1v) is 12.9. The summed E-state index contributed by atoms with van der Waals surface area (Å²) in [6.45, 7) is 1.57. The lowest BCUT2D eigenvalue weighted by Gasteiger charge is -2.23. The van der Waals surface area contributed by atoms with Gasteiger partial charge in [-0.2, -0.15) is 9.78 Å². The number of hydrogen-bond acceptors (Lipinski definition) is 7. The van der Waals surface area contributed by atoms with Crippen molar-refractivity contribution in [3.63, 3.8) is 0 Å². The van der Waals surface area contributed by atoms with E-state index in [0.29, 0.717) is 33.1 Å². The lowest BCUT2D eigenvalue weighted by atomic mass is 9.88. The van der Waals surface area contributed by atoms with Gasteiger partial charge >= 0.3 is 5.97 Å². The molecule has 0 unspecified atom stereocenters. The van der Waals surface area contributed by atoms with Crippen LogP contribution in [0.15, 0.2) is 44.7 Å². The summed E-state index contributed by atoms with van der Waals surface area (Å²) in [6, 6.07) is 8.66. The number of rotatable bonds is 7.